The molecule has 1 aliphatic rings. The minimum Gasteiger partial charge on any atom is -0.496 e. The second-order valence-corrected chi connectivity index (χ2v) is 5.71. The molecule has 0 aliphatic heterocycles. The molecule has 2 N–H and O–H groups in total. The number of hydrogen-bond donors (Lipinski definition) is 1. The van der Waals surface area contributed by atoms with Gasteiger partial charge in [0.15, 0.2) is 0 Å². The number of hydrogen-bond acceptors (Lipinski definition) is 3. The van der Waals surface area contributed by atoms with E-state index in [1.165, 1.54) is 31.4 Å². The Hall–Kier alpha value is -1.22. The fourth-order valence-electron chi connectivity index (χ4n) is 3.18. The summed E-state index contributed by atoms with van der Waals surface area (Å²) >= 11 is 0. The summed E-state index contributed by atoms with van der Waals surface area (Å²) in [5.74, 6) is 1.72. The van der Waals surface area contributed by atoms with Gasteiger partial charge in [-0.3, -0.25) is 0 Å². The molecule has 1 aliphatic carbocycles. The monoisotopic (exact) mass is 262 g/mol. The zero-order valence-electron chi connectivity index (χ0n) is 12.4. The van der Waals surface area contributed by atoms with Crippen molar-refractivity contribution in [2.45, 2.75) is 38.6 Å². The van der Waals surface area contributed by atoms with Crippen LogP contribution in [-0.4, -0.2) is 20.7 Å². The van der Waals surface area contributed by atoms with Crippen LogP contribution in [0.25, 0.3) is 0 Å². The first-order chi connectivity index (χ1) is 9.13. The standard InChI is InChI=1S/C16H26N2O/c1-12(17)16-14(9-6-10-15(16)19-3)18(2)11-13-7-4-5-8-13/h6,9-10,12-13H,4-5,7-8,11,17H2,1-3H3/t12-/m1/s1. The Morgan fingerprint density at radius 1 is 1.37 bits per heavy atom. The van der Waals surface area contributed by atoms with Gasteiger partial charge in [0.2, 0.25) is 0 Å². The number of rotatable bonds is 5. The highest BCUT2D eigenvalue weighted by molar-refractivity contribution is 5.60. The Morgan fingerprint density at radius 2 is 2.05 bits per heavy atom. The van der Waals surface area contributed by atoms with E-state index in [0.29, 0.717) is 0 Å². The van der Waals surface area contributed by atoms with E-state index in [2.05, 4.69) is 18.0 Å². The summed E-state index contributed by atoms with van der Waals surface area (Å²) in [6.45, 7) is 3.14. The molecule has 0 heterocycles. The molecule has 1 saturated carbocycles. The van der Waals surface area contributed by atoms with E-state index < -0.39 is 0 Å². The van der Waals surface area contributed by atoms with Gasteiger partial charge in [-0.15, -0.1) is 0 Å². The first kappa shape index (κ1) is 14.2. The summed E-state index contributed by atoms with van der Waals surface area (Å²) in [5.41, 5.74) is 8.46. The molecule has 3 heteroatoms. The largest absolute Gasteiger partial charge is 0.496 e. The molecule has 19 heavy (non-hydrogen) atoms. The molecule has 0 bridgehead atoms. The predicted molar refractivity (Wildman–Crippen MR) is 80.8 cm³/mol. The molecular formula is C16H26N2O. The van der Waals surface area contributed by atoms with Crippen LogP contribution in [0.3, 0.4) is 0 Å². The molecule has 0 saturated heterocycles. The molecule has 106 valence electrons. The average Bonchev–Trinajstić information content (AvgIpc) is 2.90. The third-order valence-electron chi connectivity index (χ3n) is 4.14. The van der Waals surface area contributed by atoms with E-state index in [-0.39, 0.29) is 6.04 Å². The number of nitrogens with zero attached hydrogens (tertiary/aromatic N) is 1. The number of benzene rings is 1. The highest BCUT2D eigenvalue weighted by atomic mass is 16.5. The molecule has 0 unspecified atom stereocenters. The molecule has 2 rings (SSSR count). The number of anilines is 1. The van der Waals surface area contributed by atoms with E-state index in [4.69, 9.17) is 10.5 Å². The van der Waals surface area contributed by atoms with Gasteiger partial charge < -0.3 is 15.4 Å². The van der Waals surface area contributed by atoms with Crippen LogP contribution in [0.15, 0.2) is 18.2 Å². The van der Waals surface area contributed by atoms with Crippen LogP contribution in [0.1, 0.15) is 44.2 Å². The molecule has 0 spiro atoms. The highest BCUT2D eigenvalue weighted by Crippen LogP contribution is 2.34. The lowest BCUT2D eigenvalue weighted by molar-refractivity contribution is 0.406. The summed E-state index contributed by atoms with van der Waals surface area (Å²) in [7, 11) is 3.88. The van der Waals surface area contributed by atoms with Gasteiger partial charge in [0.25, 0.3) is 0 Å². The topological polar surface area (TPSA) is 38.5 Å². The van der Waals surface area contributed by atoms with E-state index in [9.17, 15) is 0 Å². The first-order valence-electron chi connectivity index (χ1n) is 7.27. The van der Waals surface area contributed by atoms with Gasteiger partial charge >= 0.3 is 0 Å². The zero-order valence-corrected chi connectivity index (χ0v) is 12.4. The van der Waals surface area contributed by atoms with Gasteiger partial charge in [-0.05, 0) is 37.8 Å². The molecular weight excluding hydrogens is 236 g/mol. The smallest absolute Gasteiger partial charge is 0.125 e. The maximum atomic E-state index is 6.13. The van der Waals surface area contributed by atoms with Gasteiger partial charge in [0.05, 0.1) is 7.11 Å². The van der Waals surface area contributed by atoms with Gasteiger partial charge in [0, 0.05) is 30.9 Å². The molecule has 3 nitrogen and oxygen atoms in total. The van der Waals surface area contributed by atoms with Gasteiger partial charge in [-0.25, -0.2) is 0 Å². The van der Waals surface area contributed by atoms with E-state index in [0.717, 1.165) is 23.8 Å². The number of nitrogens with two attached hydrogens (primary N) is 1. The molecule has 0 amide bonds. The Kier molecular flexibility index (Phi) is 4.70. The number of ether oxygens (including phenoxy) is 1. The Bertz CT molecular complexity index is 411. The minimum atomic E-state index is -0.0165. The second-order valence-electron chi connectivity index (χ2n) is 5.71. The summed E-state index contributed by atoms with van der Waals surface area (Å²) in [4.78, 5) is 2.34. The van der Waals surface area contributed by atoms with Crippen molar-refractivity contribution in [3.63, 3.8) is 0 Å². The summed E-state index contributed by atoms with van der Waals surface area (Å²) in [6, 6.07) is 6.17. The van der Waals surface area contributed by atoms with E-state index in [1.54, 1.807) is 7.11 Å². The summed E-state index contributed by atoms with van der Waals surface area (Å²) in [6.07, 6.45) is 5.50. The molecule has 0 radical (unpaired) electrons. The SMILES string of the molecule is COc1cccc(N(C)CC2CCCC2)c1[C@@H](C)N. The number of methoxy groups -OCH3 is 1. The molecule has 1 atom stereocenters. The average molecular weight is 262 g/mol. The lowest BCUT2D eigenvalue weighted by atomic mass is 10.0. The quantitative estimate of drug-likeness (QED) is 0.884. The van der Waals surface area contributed by atoms with Crippen molar-refractivity contribution in [1.82, 2.24) is 0 Å². The Labute approximate surface area is 116 Å². The second kappa shape index (κ2) is 6.29. The maximum Gasteiger partial charge on any atom is 0.125 e. The van der Waals surface area contributed by atoms with Crippen LogP contribution >= 0.6 is 0 Å². The van der Waals surface area contributed by atoms with Crippen molar-refractivity contribution < 1.29 is 4.74 Å². The molecule has 1 aromatic carbocycles. The summed E-state index contributed by atoms with van der Waals surface area (Å²) < 4.78 is 5.46. The van der Waals surface area contributed by atoms with Crippen LogP contribution < -0.4 is 15.4 Å². The fraction of sp³-hybridized carbons (Fsp3) is 0.625. The molecule has 1 fully saturated rings. The third kappa shape index (κ3) is 3.21. The van der Waals surface area contributed by atoms with Crippen molar-refractivity contribution in [3.8, 4) is 5.75 Å². The van der Waals surface area contributed by atoms with Crippen LogP contribution in [-0.2, 0) is 0 Å². The maximum absolute atomic E-state index is 6.13. The normalized spacial score (nSPS) is 17.5. The van der Waals surface area contributed by atoms with Gasteiger partial charge in [0.1, 0.15) is 5.75 Å². The fourth-order valence-corrected chi connectivity index (χ4v) is 3.18. The lowest BCUT2D eigenvalue weighted by Gasteiger charge is -2.27. The Balaban J connectivity index is 2.22. The van der Waals surface area contributed by atoms with Crippen molar-refractivity contribution in [3.05, 3.63) is 23.8 Å². The lowest BCUT2D eigenvalue weighted by Crippen LogP contribution is -2.26. The van der Waals surface area contributed by atoms with Crippen molar-refractivity contribution in [2.24, 2.45) is 11.7 Å². The van der Waals surface area contributed by atoms with Crippen LogP contribution in [0.4, 0.5) is 5.69 Å². The van der Waals surface area contributed by atoms with E-state index >= 15 is 0 Å². The van der Waals surface area contributed by atoms with Gasteiger partial charge in [-0.1, -0.05) is 18.9 Å². The first-order valence-corrected chi connectivity index (χ1v) is 7.27. The predicted octanol–water partition coefficient (Wildman–Crippen LogP) is 3.34. The van der Waals surface area contributed by atoms with Crippen molar-refractivity contribution in [2.75, 3.05) is 25.6 Å². The van der Waals surface area contributed by atoms with Crippen molar-refractivity contribution >= 4 is 5.69 Å². The highest BCUT2D eigenvalue weighted by Gasteiger charge is 2.20. The van der Waals surface area contributed by atoms with Crippen LogP contribution in [0.5, 0.6) is 5.75 Å². The van der Waals surface area contributed by atoms with E-state index in [1.807, 2.05) is 19.1 Å². The molecule has 0 aromatic heterocycles. The zero-order chi connectivity index (χ0) is 13.8. The Morgan fingerprint density at radius 3 is 2.63 bits per heavy atom. The summed E-state index contributed by atoms with van der Waals surface area (Å²) in [5, 5.41) is 0. The molecule has 1 aromatic rings. The van der Waals surface area contributed by atoms with Crippen LogP contribution in [0, 0.1) is 5.92 Å². The van der Waals surface area contributed by atoms with Crippen molar-refractivity contribution in [1.29, 1.82) is 0 Å². The third-order valence-corrected chi connectivity index (χ3v) is 4.14. The minimum absolute atomic E-state index is 0.0165. The van der Waals surface area contributed by atoms with Gasteiger partial charge in [-0.2, -0.15) is 0 Å². The van der Waals surface area contributed by atoms with Crippen LogP contribution in [0.2, 0.25) is 0 Å².